The molecular weight excluding hydrogens is 300 g/mol. The number of amides is 1. The molecule has 3 nitrogen and oxygen atoms in total. The fraction of sp³-hybridized carbons (Fsp3) is 0.133. The van der Waals surface area contributed by atoms with Gasteiger partial charge in [-0.1, -0.05) is 17.7 Å². The number of benzene rings is 2. The van der Waals surface area contributed by atoms with Gasteiger partial charge < -0.3 is 10.1 Å². The standard InChI is InChI=1S/C15H12ClF2NO2/c1-9-12(16)3-2-4-13(9)19-14(20)10-5-7-11(8-6-10)21-15(17)18/h2-8,15H,1H3,(H,19,20). The molecule has 0 radical (unpaired) electrons. The fourth-order valence-corrected chi connectivity index (χ4v) is 1.90. The van der Waals surface area contributed by atoms with Crippen LogP contribution in [0.15, 0.2) is 42.5 Å². The maximum Gasteiger partial charge on any atom is 0.387 e. The van der Waals surface area contributed by atoms with Crippen LogP contribution in [-0.2, 0) is 0 Å². The van der Waals surface area contributed by atoms with Crippen LogP contribution < -0.4 is 10.1 Å². The van der Waals surface area contributed by atoms with Crippen LogP contribution in [0.5, 0.6) is 5.75 Å². The normalized spacial score (nSPS) is 10.5. The molecule has 0 aromatic heterocycles. The lowest BCUT2D eigenvalue weighted by Gasteiger charge is -2.10. The first-order chi connectivity index (χ1) is 9.97. The molecule has 0 unspecified atom stereocenters. The summed E-state index contributed by atoms with van der Waals surface area (Å²) in [5, 5.41) is 3.26. The lowest BCUT2D eigenvalue weighted by atomic mass is 10.1. The van der Waals surface area contributed by atoms with Crippen molar-refractivity contribution in [2.45, 2.75) is 13.5 Å². The number of carbonyl (C=O) groups is 1. The molecule has 0 aliphatic rings. The first-order valence-electron chi connectivity index (χ1n) is 6.08. The van der Waals surface area contributed by atoms with Crippen molar-refractivity contribution in [1.82, 2.24) is 0 Å². The van der Waals surface area contributed by atoms with Gasteiger partial charge in [0.25, 0.3) is 5.91 Å². The minimum absolute atomic E-state index is 0.000450. The Kier molecular flexibility index (Phi) is 4.75. The van der Waals surface area contributed by atoms with E-state index in [0.717, 1.165) is 5.56 Å². The van der Waals surface area contributed by atoms with Crippen molar-refractivity contribution in [3.05, 3.63) is 58.6 Å². The van der Waals surface area contributed by atoms with E-state index in [2.05, 4.69) is 10.1 Å². The molecule has 2 aromatic rings. The van der Waals surface area contributed by atoms with Gasteiger partial charge in [0.05, 0.1) is 0 Å². The first kappa shape index (κ1) is 15.3. The van der Waals surface area contributed by atoms with Gasteiger partial charge in [0.1, 0.15) is 5.75 Å². The van der Waals surface area contributed by atoms with Gasteiger partial charge in [-0.25, -0.2) is 0 Å². The van der Waals surface area contributed by atoms with Gasteiger partial charge in [0.15, 0.2) is 0 Å². The average molecular weight is 312 g/mol. The molecule has 0 saturated carbocycles. The molecular formula is C15H12ClF2NO2. The Morgan fingerprint density at radius 2 is 1.86 bits per heavy atom. The number of nitrogens with one attached hydrogen (secondary N) is 1. The highest BCUT2D eigenvalue weighted by Gasteiger charge is 2.10. The number of hydrogen-bond acceptors (Lipinski definition) is 2. The second-order valence-electron chi connectivity index (χ2n) is 4.27. The Bertz CT molecular complexity index is 645. The third-order valence-corrected chi connectivity index (χ3v) is 3.27. The topological polar surface area (TPSA) is 38.3 Å². The molecule has 0 heterocycles. The summed E-state index contributed by atoms with van der Waals surface area (Å²) in [6, 6.07) is 10.6. The van der Waals surface area contributed by atoms with Crippen LogP contribution >= 0.6 is 11.6 Å². The smallest absolute Gasteiger partial charge is 0.387 e. The van der Waals surface area contributed by atoms with Crippen LogP contribution in [0, 0.1) is 6.92 Å². The number of carbonyl (C=O) groups excluding carboxylic acids is 1. The minimum Gasteiger partial charge on any atom is -0.435 e. The summed E-state index contributed by atoms with van der Waals surface area (Å²) < 4.78 is 28.3. The summed E-state index contributed by atoms with van der Waals surface area (Å²) in [4.78, 5) is 12.1. The number of ether oxygens (including phenoxy) is 1. The van der Waals surface area contributed by atoms with Crippen LogP contribution in [0.2, 0.25) is 5.02 Å². The predicted octanol–water partition coefficient (Wildman–Crippen LogP) is 4.50. The maximum atomic E-state index is 12.1. The fourth-order valence-electron chi connectivity index (χ4n) is 1.73. The number of alkyl halides is 2. The monoisotopic (exact) mass is 311 g/mol. The summed E-state index contributed by atoms with van der Waals surface area (Å²) in [5.74, 6) is -0.357. The molecule has 0 bridgehead atoms. The van der Waals surface area contributed by atoms with E-state index in [1.807, 2.05) is 0 Å². The van der Waals surface area contributed by atoms with Crippen molar-refractivity contribution >= 4 is 23.2 Å². The van der Waals surface area contributed by atoms with Crippen LogP contribution in [0.3, 0.4) is 0 Å². The summed E-state index contributed by atoms with van der Waals surface area (Å²) in [6.07, 6.45) is 0. The van der Waals surface area contributed by atoms with Crippen LogP contribution in [0.1, 0.15) is 15.9 Å². The molecule has 110 valence electrons. The first-order valence-corrected chi connectivity index (χ1v) is 6.46. The SMILES string of the molecule is Cc1c(Cl)cccc1NC(=O)c1ccc(OC(F)F)cc1. The van der Waals surface area contributed by atoms with Gasteiger partial charge in [0, 0.05) is 16.3 Å². The second-order valence-corrected chi connectivity index (χ2v) is 4.68. The Hall–Kier alpha value is -2.14. The van der Waals surface area contributed by atoms with E-state index in [0.29, 0.717) is 16.3 Å². The van der Waals surface area contributed by atoms with E-state index in [9.17, 15) is 13.6 Å². The third kappa shape index (κ3) is 3.92. The molecule has 6 heteroatoms. The van der Waals surface area contributed by atoms with Crippen molar-refractivity contribution in [2.24, 2.45) is 0 Å². The molecule has 0 aliphatic carbocycles. The Morgan fingerprint density at radius 3 is 2.48 bits per heavy atom. The molecule has 0 saturated heterocycles. The van der Waals surface area contributed by atoms with Crippen LogP contribution in [-0.4, -0.2) is 12.5 Å². The van der Waals surface area contributed by atoms with E-state index in [4.69, 9.17) is 11.6 Å². The van der Waals surface area contributed by atoms with E-state index < -0.39 is 6.61 Å². The zero-order chi connectivity index (χ0) is 15.4. The molecule has 1 N–H and O–H groups in total. The lowest BCUT2D eigenvalue weighted by Crippen LogP contribution is -2.13. The Balaban J connectivity index is 2.11. The quantitative estimate of drug-likeness (QED) is 0.902. The molecule has 0 fully saturated rings. The van der Waals surface area contributed by atoms with Crippen molar-refractivity contribution in [3.8, 4) is 5.75 Å². The maximum absolute atomic E-state index is 12.1. The molecule has 2 aromatic carbocycles. The highest BCUT2D eigenvalue weighted by Crippen LogP contribution is 2.23. The largest absolute Gasteiger partial charge is 0.435 e. The number of rotatable bonds is 4. The predicted molar refractivity (Wildman–Crippen MR) is 77.2 cm³/mol. The molecule has 2 rings (SSSR count). The molecule has 0 atom stereocenters. The number of hydrogen-bond donors (Lipinski definition) is 1. The van der Waals surface area contributed by atoms with E-state index in [-0.39, 0.29) is 11.7 Å². The van der Waals surface area contributed by atoms with Crippen molar-refractivity contribution in [2.75, 3.05) is 5.32 Å². The number of anilines is 1. The van der Waals surface area contributed by atoms with E-state index in [1.165, 1.54) is 24.3 Å². The van der Waals surface area contributed by atoms with Gasteiger partial charge >= 0.3 is 6.61 Å². The minimum atomic E-state index is -2.89. The molecule has 0 aliphatic heterocycles. The average Bonchev–Trinajstić information content (AvgIpc) is 2.44. The highest BCUT2D eigenvalue weighted by molar-refractivity contribution is 6.31. The van der Waals surface area contributed by atoms with Gasteiger partial charge in [0.2, 0.25) is 0 Å². The van der Waals surface area contributed by atoms with Crippen molar-refractivity contribution in [3.63, 3.8) is 0 Å². The van der Waals surface area contributed by atoms with E-state index in [1.54, 1.807) is 25.1 Å². The lowest BCUT2D eigenvalue weighted by molar-refractivity contribution is -0.0498. The van der Waals surface area contributed by atoms with Gasteiger partial charge in [-0.05, 0) is 48.9 Å². The van der Waals surface area contributed by atoms with Gasteiger partial charge in [-0.2, -0.15) is 8.78 Å². The van der Waals surface area contributed by atoms with E-state index >= 15 is 0 Å². The molecule has 21 heavy (non-hydrogen) atoms. The summed E-state index contributed by atoms with van der Waals surface area (Å²) in [6.45, 7) is -1.10. The summed E-state index contributed by atoms with van der Waals surface area (Å²) in [5.41, 5.74) is 1.68. The summed E-state index contributed by atoms with van der Waals surface area (Å²) in [7, 11) is 0. The third-order valence-electron chi connectivity index (χ3n) is 2.86. The van der Waals surface area contributed by atoms with Crippen molar-refractivity contribution < 1.29 is 18.3 Å². The number of halogens is 3. The zero-order valence-electron chi connectivity index (χ0n) is 11.1. The zero-order valence-corrected chi connectivity index (χ0v) is 11.8. The Morgan fingerprint density at radius 1 is 1.19 bits per heavy atom. The van der Waals surface area contributed by atoms with Crippen LogP contribution in [0.25, 0.3) is 0 Å². The molecule has 0 spiro atoms. The molecule has 1 amide bonds. The summed E-state index contributed by atoms with van der Waals surface area (Å²) >= 11 is 5.97. The van der Waals surface area contributed by atoms with Crippen LogP contribution in [0.4, 0.5) is 14.5 Å². The van der Waals surface area contributed by atoms with Gasteiger partial charge in [-0.15, -0.1) is 0 Å². The van der Waals surface area contributed by atoms with Gasteiger partial charge in [-0.3, -0.25) is 4.79 Å². The van der Waals surface area contributed by atoms with Crippen molar-refractivity contribution in [1.29, 1.82) is 0 Å². The highest BCUT2D eigenvalue weighted by atomic mass is 35.5. The Labute approximate surface area is 125 Å². The second kappa shape index (κ2) is 6.54.